The number of nitrogens with zero attached hydrogens (tertiary/aromatic N) is 7. The van der Waals surface area contributed by atoms with Gasteiger partial charge >= 0.3 is 0 Å². The molecule has 0 spiro atoms. The first-order valence-electron chi connectivity index (χ1n) is 10.2. The van der Waals surface area contributed by atoms with Crippen LogP contribution >= 0.6 is 11.3 Å². The van der Waals surface area contributed by atoms with Crippen molar-refractivity contribution in [2.24, 2.45) is 0 Å². The number of aromatic nitrogens is 5. The lowest BCUT2D eigenvalue weighted by atomic mass is 10.3. The Balaban J connectivity index is 1.38. The number of piperazine rings is 1. The van der Waals surface area contributed by atoms with Crippen molar-refractivity contribution in [1.82, 2.24) is 29.3 Å². The van der Waals surface area contributed by atoms with Gasteiger partial charge in [-0.3, -0.25) is 0 Å². The Labute approximate surface area is 189 Å². The molecule has 4 heterocycles. The van der Waals surface area contributed by atoms with Crippen molar-refractivity contribution in [2.45, 2.75) is 11.1 Å². The number of benzene rings is 1. The highest BCUT2D eigenvalue weighted by Gasteiger charge is 2.30. The normalized spacial score (nSPS) is 15.3. The van der Waals surface area contributed by atoms with Crippen molar-refractivity contribution in [3.05, 3.63) is 48.1 Å². The molecule has 0 amide bonds. The molecule has 0 atom stereocenters. The predicted octanol–water partition coefficient (Wildman–Crippen LogP) is 2.18. The van der Waals surface area contributed by atoms with E-state index < -0.39 is 10.0 Å². The third-order valence-corrected chi connectivity index (χ3v) is 8.51. The molecule has 0 N–H and O–H groups in total. The van der Waals surface area contributed by atoms with Gasteiger partial charge < -0.3 is 9.64 Å². The molecule has 0 unspecified atom stereocenters. The Kier molecular flexibility index (Phi) is 5.49. The topological polar surface area (TPSA) is 106 Å². The van der Waals surface area contributed by atoms with E-state index in [-0.39, 0.29) is 0 Å². The van der Waals surface area contributed by atoms with Crippen LogP contribution in [0.15, 0.2) is 52.3 Å². The molecular formula is C20H21N7O3S2. The van der Waals surface area contributed by atoms with Gasteiger partial charge in [0.2, 0.25) is 0 Å². The number of anilines is 1. The van der Waals surface area contributed by atoms with Gasteiger partial charge in [-0.05, 0) is 42.6 Å². The Hall–Kier alpha value is -3.09. The van der Waals surface area contributed by atoms with Crippen molar-refractivity contribution in [1.29, 1.82) is 0 Å². The molecule has 1 aliphatic rings. The average molecular weight is 472 g/mol. The summed E-state index contributed by atoms with van der Waals surface area (Å²) in [6, 6.07) is 10.9. The highest BCUT2D eigenvalue weighted by molar-refractivity contribution is 7.91. The van der Waals surface area contributed by atoms with Gasteiger partial charge in [-0.2, -0.15) is 8.99 Å². The maximum Gasteiger partial charge on any atom is 0.252 e. The quantitative estimate of drug-likeness (QED) is 0.421. The zero-order valence-corrected chi connectivity index (χ0v) is 19.0. The summed E-state index contributed by atoms with van der Waals surface area (Å²) >= 11 is 1.23. The molecule has 0 radical (unpaired) electrons. The van der Waals surface area contributed by atoms with Crippen LogP contribution in [0.1, 0.15) is 6.92 Å². The van der Waals surface area contributed by atoms with Crippen molar-refractivity contribution >= 4 is 38.3 Å². The summed E-state index contributed by atoms with van der Waals surface area (Å²) in [4.78, 5) is 10.8. The second-order valence-corrected chi connectivity index (χ2v) is 10.2. The molecular weight excluding hydrogens is 450 g/mol. The Morgan fingerprint density at radius 3 is 2.53 bits per heavy atom. The minimum absolute atomic E-state index is 0.369. The van der Waals surface area contributed by atoms with Crippen LogP contribution < -0.4 is 9.64 Å². The first-order valence-corrected chi connectivity index (χ1v) is 12.5. The molecule has 10 nitrogen and oxygen atoms in total. The molecule has 1 aliphatic heterocycles. The van der Waals surface area contributed by atoms with Gasteiger partial charge in [0.25, 0.3) is 10.0 Å². The highest BCUT2D eigenvalue weighted by atomic mass is 32.2. The van der Waals surface area contributed by atoms with Crippen molar-refractivity contribution < 1.29 is 13.2 Å². The smallest absolute Gasteiger partial charge is 0.252 e. The highest BCUT2D eigenvalue weighted by Crippen LogP contribution is 2.27. The summed E-state index contributed by atoms with van der Waals surface area (Å²) in [5, 5.41) is 10.4. The summed E-state index contributed by atoms with van der Waals surface area (Å²) < 4.78 is 34.6. The number of hydrogen-bond donors (Lipinski definition) is 0. The molecule has 5 rings (SSSR count). The van der Waals surface area contributed by atoms with E-state index in [0.29, 0.717) is 54.0 Å². The van der Waals surface area contributed by atoms with Crippen molar-refractivity contribution in [3.63, 3.8) is 0 Å². The molecule has 1 fully saturated rings. The van der Waals surface area contributed by atoms with Crippen LogP contribution in [0.2, 0.25) is 0 Å². The fraction of sp³-hybridized carbons (Fsp3) is 0.300. The molecule has 3 aromatic heterocycles. The number of fused-ring (bicyclic) bond motifs is 1. The zero-order chi connectivity index (χ0) is 22.1. The van der Waals surface area contributed by atoms with Gasteiger partial charge in [0, 0.05) is 26.2 Å². The summed E-state index contributed by atoms with van der Waals surface area (Å²) in [6.07, 6.45) is 1.49. The van der Waals surface area contributed by atoms with Crippen LogP contribution in [0.3, 0.4) is 0 Å². The minimum atomic E-state index is -3.46. The van der Waals surface area contributed by atoms with Crippen LogP contribution in [0.4, 0.5) is 5.82 Å². The molecule has 1 aromatic carbocycles. The monoisotopic (exact) mass is 471 g/mol. The first-order chi connectivity index (χ1) is 15.6. The van der Waals surface area contributed by atoms with E-state index in [2.05, 4.69) is 20.3 Å². The van der Waals surface area contributed by atoms with Gasteiger partial charge in [-0.25, -0.2) is 18.4 Å². The fourth-order valence-corrected chi connectivity index (χ4v) is 6.24. The lowest BCUT2D eigenvalue weighted by Gasteiger charge is -2.34. The van der Waals surface area contributed by atoms with Crippen LogP contribution in [-0.4, -0.2) is 70.5 Å². The zero-order valence-electron chi connectivity index (χ0n) is 17.3. The van der Waals surface area contributed by atoms with Crippen molar-refractivity contribution in [3.8, 4) is 11.4 Å². The second-order valence-electron chi connectivity index (χ2n) is 7.12. The summed E-state index contributed by atoms with van der Waals surface area (Å²) in [5.41, 5.74) is 1.98. The number of sulfonamides is 1. The number of ether oxygens (including phenoxy) is 1. The summed E-state index contributed by atoms with van der Waals surface area (Å²) in [7, 11) is -3.46. The Morgan fingerprint density at radius 1 is 1.06 bits per heavy atom. The minimum Gasteiger partial charge on any atom is -0.494 e. The molecule has 12 heteroatoms. The van der Waals surface area contributed by atoms with E-state index in [1.165, 1.54) is 22.0 Å². The fourth-order valence-electron chi connectivity index (χ4n) is 3.67. The molecule has 0 aliphatic carbocycles. The van der Waals surface area contributed by atoms with Gasteiger partial charge in [0.05, 0.1) is 12.3 Å². The van der Waals surface area contributed by atoms with E-state index in [9.17, 15) is 8.42 Å². The molecule has 166 valence electrons. The average Bonchev–Trinajstić information content (AvgIpc) is 3.51. The maximum absolute atomic E-state index is 12.8. The number of rotatable bonds is 6. The summed E-state index contributed by atoms with van der Waals surface area (Å²) in [6.45, 7) is 4.30. The number of thiophene rings is 1. The van der Waals surface area contributed by atoms with E-state index in [0.717, 1.165) is 11.4 Å². The molecule has 0 bridgehead atoms. The lowest BCUT2D eigenvalue weighted by molar-refractivity contribution is 0.340. The Bertz CT molecular complexity index is 1310. The standard InChI is InChI=1S/C20H21N7O3S2/c1-2-30-16-7-5-15(6-8-16)27-20-18(23-24-27)19(21-14-22-20)25-9-11-26(12-10-25)32(28,29)17-4-3-13-31-17/h3-8,13-14H,2,9-12H2,1H3. The van der Waals surface area contributed by atoms with Crippen LogP contribution in [-0.2, 0) is 10.0 Å². The van der Waals surface area contributed by atoms with Gasteiger partial charge in [-0.15, -0.1) is 16.4 Å². The summed E-state index contributed by atoms with van der Waals surface area (Å²) in [5.74, 6) is 1.44. The van der Waals surface area contributed by atoms with Crippen LogP contribution in [0, 0.1) is 0 Å². The van der Waals surface area contributed by atoms with Crippen molar-refractivity contribution in [2.75, 3.05) is 37.7 Å². The maximum atomic E-state index is 12.8. The number of hydrogen-bond acceptors (Lipinski definition) is 9. The SMILES string of the molecule is CCOc1ccc(-n2nnc3c(N4CCN(S(=O)(=O)c5cccs5)CC4)ncnc32)cc1. The van der Waals surface area contributed by atoms with Crippen LogP contribution in [0.5, 0.6) is 5.75 Å². The second kappa shape index (κ2) is 8.45. The van der Waals surface area contributed by atoms with Gasteiger partial charge in [0.15, 0.2) is 17.0 Å². The molecule has 1 saturated heterocycles. The lowest BCUT2D eigenvalue weighted by Crippen LogP contribution is -2.48. The largest absolute Gasteiger partial charge is 0.494 e. The molecule has 32 heavy (non-hydrogen) atoms. The third kappa shape index (κ3) is 3.70. The van der Waals surface area contributed by atoms with E-state index in [4.69, 9.17) is 4.74 Å². The molecule has 4 aromatic rings. The molecule has 0 saturated carbocycles. The van der Waals surface area contributed by atoms with E-state index in [1.54, 1.807) is 22.2 Å². The van der Waals surface area contributed by atoms with Gasteiger partial charge in [-0.1, -0.05) is 11.3 Å². The van der Waals surface area contributed by atoms with Gasteiger partial charge in [0.1, 0.15) is 16.3 Å². The Morgan fingerprint density at radius 2 is 1.84 bits per heavy atom. The van der Waals surface area contributed by atoms with E-state index >= 15 is 0 Å². The third-order valence-electron chi connectivity index (χ3n) is 5.24. The van der Waals surface area contributed by atoms with E-state index in [1.807, 2.05) is 36.1 Å². The first kappa shape index (κ1) is 20.8. The van der Waals surface area contributed by atoms with Crippen LogP contribution in [0.25, 0.3) is 16.9 Å². The predicted molar refractivity (Wildman–Crippen MR) is 121 cm³/mol.